The summed E-state index contributed by atoms with van der Waals surface area (Å²) in [5, 5.41) is 9.27. The lowest BCUT2D eigenvalue weighted by Gasteiger charge is -2.17. The Morgan fingerprint density at radius 2 is 1.69 bits per heavy atom. The van der Waals surface area contributed by atoms with E-state index in [4.69, 9.17) is 14.2 Å². The van der Waals surface area contributed by atoms with Crippen LogP contribution in [0, 0.1) is 0 Å². The standard InChI is InChI=1S/C18H20O7S/c1-4-17(23-2)25-15-10-12(18(19)20)9-14(11-15)24-13-5-7-16(8-6-13)26(3,21)22/h5-11,17H,4H2,1-3H3,(H,19,20). The number of benzene rings is 2. The van der Waals surface area contributed by atoms with Crippen molar-refractivity contribution >= 4 is 15.8 Å². The molecule has 26 heavy (non-hydrogen) atoms. The number of carbonyl (C=O) groups is 1. The molecule has 0 saturated heterocycles. The van der Waals surface area contributed by atoms with Crippen molar-refractivity contribution in [3.8, 4) is 17.2 Å². The van der Waals surface area contributed by atoms with Crippen LogP contribution in [0.4, 0.5) is 0 Å². The van der Waals surface area contributed by atoms with Gasteiger partial charge in [0.05, 0.1) is 10.5 Å². The Morgan fingerprint density at radius 3 is 2.19 bits per heavy atom. The van der Waals surface area contributed by atoms with Gasteiger partial charge in [-0.1, -0.05) is 6.92 Å². The zero-order chi connectivity index (χ0) is 19.3. The Kier molecular flexibility index (Phi) is 6.23. The summed E-state index contributed by atoms with van der Waals surface area (Å²) >= 11 is 0. The highest BCUT2D eigenvalue weighted by atomic mass is 32.2. The van der Waals surface area contributed by atoms with Crippen LogP contribution in [-0.2, 0) is 14.6 Å². The van der Waals surface area contributed by atoms with Gasteiger partial charge >= 0.3 is 5.97 Å². The molecule has 0 fully saturated rings. The number of aromatic carboxylic acids is 1. The fourth-order valence-corrected chi connectivity index (χ4v) is 2.79. The van der Waals surface area contributed by atoms with Crippen molar-refractivity contribution in [1.29, 1.82) is 0 Å². The van der Waals surface area contributed by atoms with Gasteiger partial charge in [-0.25, -0.2) is 13.2 Å². The van der Waals surface area contributed by atoms with Gasteiger partial charge < -0.3 is 19.3 Å². The van der Waals surface area contributed by atoms with Gasteiger partial charge in [0.25, 0.3) is 0 Å². The fraction of sp³-hybridized carbons (Fsp3) is 0.278. The summed E-state index contributed by atoms with van der Waals surface area (Å²) in [4.78, 5) is 11.5. The minimum Gasteiger partial charge on any atom is -0.478 e. The van der Waals surface area contributed by atoms with E-state index >= 15 is 0 Å². The monoisotopic (exact) mass is 380 g/mol. The van der Waals surface area contributed by atoms with Gasteiger partial charge in [-0.15, -0.1) is 0 Å². The van der Waals surface area contributed by atoms with E-state index < -0.39 is 22.1 Å². The third-order valence-electron chi connectivity index (χ3n) is 3.48. The molecule has 2 aromatic rings. The maximum atomic E-state index is 11.5. The second-order valence-corrected chi connectivity index (χ2v) is 7.55. The predicted octanol–water partition coefficient (Wildman–Crippen LogP) is 3.34. The van der Waals surface area contributed by atoms with Gasteiger partial charge in [-0.3, -0.25) is 0 Å². The zero-order valence-electron chi connectivity index (χ0n) is 14.6. The molecule has 0 aliphatic rings. The van der Waals surface area contributed by atoms with Gasteiger partial charge in [-0.05, 0) is 36.4 Å². The summed E-state index contributed by atoms with van der Waals surface area (Å²) in [5.41, 5.74) is -0.00351. The van der Waals surface area contributed by atoms with Gasteiger partial charge in [0.2, 0.25) is 0 Å². The van der Waals surface area contributed by atoms with Crippen molar-refractivity contribution in [3.63, 3.8) is 0 Å². The number of methoxy groups -OCH3 is 1. The molecule has 0 spiro atoms. The molecule has 2 rings (SSSR count). The number of carboxylic acid groups (broad SMARTS) is 1. The summed E-state index contributed by atoms with van der Waals surface area (Å²) < 4.78 is 39.4. The van der Waals surface area contributed by atoms with Gasteiger partial charge in [-0.2, -0.15) is 0 Å². The van der Waals surface area contributed by atoms with Crippen LogP contribution in [0.5, 0.6) is 17.2 Å². The molecule has 1 unspecified atom stereocenters. The van der Waals surface area contributed by atoms with Crippen LogP contribution in [0.25, 0.3) is 0 Å². The molecule has 0 heterocycles. The van der Waals surface area contributed by atoms with Crippen molar-refractivity contribution in [2.75, 3.05) is 13.4 Å². The number of hydrogen-bond donors (Lipinski definition) is 1. The Bertz CT molecular complexity index is 869. The van der Waals surface area contributed by atoms with E-state index in [0.717, 1.165) is 6.26 Å². The van der Waals surface area contributed by atoms with Crippen molar-refractivity contribution in [2.45, 2.75) is 24.5 Å². The molecule has 0 aromatic heterocycles. The second-order valence-electron chi connectivity index (χ2n) is 5.54. The summed E-state index contributed by atoms with van der Waals surface area (Å²) in [5.74, 6) is -0.220. The van der Waals surface area contributed by atoms with Crippen LogP contribution in [0.2, 0.25) is 0 Å². The fourth-order valence-electron chi connectivity index (χ4n) is 2.16. The highest BCUT2D eigenvalue weighted by Crippen LogP contribution is 2.29. The molecule has 0 bridgehead atoms. The van der Waals surface area contributed by atoms with Gasteiger partial charge in [0.15, 0.2) is 16.1 Å². The van der Waals surface area contributed by atoms with Crippen molar-refractivity contribution < 1.29 is 32.5 Å². The summed E-state index contributed by atoms with van der Waals surface area (Å²) in [6, 6.07) is 10.1. The third kappa shape index (κ3) is 5.21. The smallest absolute Gasteiger partial charge is 0.335 e. The average molecular weight is 380 g/mol. The number of rotatable bonds is 8. The third-order valence-corrected chi connectivity index (χ3v) is 4.61. The van der Waals surface area contributed by atoms with Crippen molar-refractivity contribution in [1.82, 2.24) is 0 Å². The van der Waals surface area contributed by atoms with E-state index in [1.807, 2.05) is 6.92 Å². The highest BCUT2D eigenvalue weighted by molar-refractivity contribution is 7.90. The van der Waals surface area contributed by atoms with Crippen LogP contribution in [-0.4, -0.2) is 39.1 Å². The van der Waals surface area contributed by atoms with Crippen LogP contribution in [0.1, 0.15) is 23.7 Å². The Hall–Kier alpha value is -2.58. The molecule has 8 heteroatoms. The molecular weight excluding hydrogens is 360 g/mol. The molecule has 0 radical (unpaired) electrons. The maximum absolute atomic E-state index is 11.5. The van der Waals surface area contributed by atoms with Crippen LogP contribution in [0.3, 0.4) is 0 Å². The van der Waals surface area contributed by atoms with E-state index in [1.54, 1.807) is 6.07 Å². The maximum Gasteiger partial charge on any atom is 0.335 e. The summed E-state index contributed by atoms with van der Waals surface area (Å²) in [6.45, 7) is 1.87. The molecule has 1 N–H and O–H groups in total. The van der Waals surface area contributed by atoms with Crippen molar-refractivity contribution in [3.05, 3.63) is 48.0 Å². The predicted molar refractivity (Wildman–Crippen MR) is 94.7 cm³/mol. The average Bonchev–Trinajstić information content (AvgIpc) is 2.59. The van der Waals surface area contributed by atoms with Crippen molar-refractivity contribution in [2.24, 2.45) is 0 Å². The molecule has 0 amide bonds. The first-order valence-corrected chi connectivity index (χ1v) is 9.68. The lowest BCUT2D eigenvalue weighted by molar-refractivity contribution is -0.0549. The summed E-state index contributed by atoms with van der Waals surface area (Å²) in [6.07, 6.45) is 1.18. The first kappa shape index (κ1) is 19.7. The quantitative estimate of drug-likeness (QED) is 0.701. The molecule has 0 aliphatic heterocycles. The first-order valence-electron chi connectivity index (χ1n) is 7.78. The van der Waals surface area contributed by atoms with Gasteiger partial charge in [0.1, 0.15) is 17.2 Å². The molecule has 0 saturated carbocycles. The van der Waals surface area contributed by atoms with E-state index in [-0.39, 0.29) is 16.2 Å². The second kappa shape index (κ2) is 8.20. The lowest BCUT2D eigenvalue weighted by atomic mass is 10.2. The van der Waals surface area contributed by atoms with Crippen LogP contribution < -0.4 is 9.47 Å². The largest absolute Gasteiger partial charge is 0.478 e. The number of hydrogen-bond acceptors (Lipinski definition) is 6. The molecule has 1 atom stereocenters. The van der Waals surface area contributed by atoms with Gasteiger partial charge in [0, 0.05) is 25.9 Å². The molecule has 140 valence electrons. The Balaban J connectivity index is 2.30. The van der Waals surface area contributed by atoms with Crippen LogP contribution >= 0.6 is 0 Å². The number of sulfone groups is 1. The topological polar surface area (TPSA) is 99.1 Å². The lowest BCUT2D eigenvalue weighted by Crippen LogP contribution is -2.17. The minimum atomic E-state index is -3.30. The van der Waals surface area contributed by atoms with E-state index in [0.29, 0.717) is 17.9 Å². The Morgan fingerprint density at radius 1 is 1.08 bits per heavy atom. The first-order chi connectivity index (χ1) is 12.2. The normalized spacial score (nSPS) is 12.4. The molecular formula is C18H20O7S. The van der Waals surface area contributed by atoms with E-state index in [9.17, 15) is 18.3 Å². The summed E-state index contributed by atoms with van der Waals surface area (Å²) in [7, 11) is -1.81. The minimum absolute atomic E-state index is 0.00351. The molecule has 7 nitrogen and oxygen atoms in total. The molecule has 0 aliphatic carbocycles. The van der Waals surface area contributed by atoms with E-state index in [2.05, 4.69) is 0 Å². The van der Waals surface area contributed by atoms with E-state index in [1.165, 1.54) is 43.5 Å². The highest BCUT2D eigenvalue weighted by Gasteiger charge is 2.13. The zero-order valence-corrected chi connectivity index (χ0v) is 15.4. The SMILES string of the molecule is CCC(OC)Oc1cc(Oc2ccc(S(C)(=O)=O)cc2)cc(C(=O)O)c1. The molecule has 2 aromatic carbocycles. The Labute approximate surface area is 152 Å². The number of carboxylic acids is 1. The number of ether oxygens (including phenoxy) is 3. The van der Waals surface area contributed by atoms with Crippen LogP contribution in [0.15, 0.2) is 47.4 Å².